The van der Waals surface area contributed by atoms with Crippen LogP contribution in [-0.4, -0.2) is 29.8 Å². The molecular weight excluding hydrogens is 356 g/mol. The first-order chi connectivity index (χ1) is 11.0. The van der Waals surface area contributed by atoms with Crippen molar-refractivity contribution in [1.82, 2.24) is 4.90 Å². The molecule has 2 rings (SSSR count). The zero-order valence-corrected chi connectivity index (χ0v) is 14.5. The molecule has 0 aliphatic heterocycles. The van der Waals surface area contributed by atoms with Gasteiger partial charge in [-0.3, -0.25) is 9.59 Å². The van der Waals surface area contributed by atoms with E-state index in [0.717, 1.165) is 10.0 Å². The second-order valence-corrected chi connectivity index (χ2v) is 6.36. The molecule has 0 saturated carbocycles. The fourth-order valence-corrected chi connectivity index (χ4v) is 2.85. The molecule has 0 aliphatic carbocycles. The van der Waals surface area contributed by atoms with E-state index in [9.17, 15) is 9.59 Å². The number of amides is 2. The summed E-state index contributed by atoms with van der Waals surface area (Å²) in [5.41, 5.74) is 7.00. The van der Waals surface area contributed by atoms with Crippen LogP contribution in [-0.2, 0) is 11.2 Å². The van der Waals surface area contributed by atoms with Crippen LogP contribution in [0, 0.1) is 0 Å². The molecule has 2 aromatic carbocycles. The number of nitrogens with two attached hydrogens (primary N) is 1. The Morgan fingerprint density at radius 1 is 1.13 bits per heavy atom. The van der Waals surface area contributed by atoms with E-state index in [4.69, 9.17) is 5.73 Å². The summed E-state index contributed by atoms with van der Waals surface area (Å²) < 4.78 is 0.839. The summed E-state index contributed by atoms with van der Waals surface area (Å²) in [6.45, 7) is 0. The van der Waals surface area contributed by atoms with Gasteiger partial charge in [0.15, 0.2) is 0 Å². The molecule has 0 aromatic heterocycles. The summed E-state index contributed by atoms with van der Waals surface area (Å²) in [6.07, 6.45) is 0.713. The molecule has 2 aromatic rings. The van der Waals surface area contributed by atoms with E-state index >= 15 is 0 Å². The molecule has 1 atom stereocenters. The topological polar surface area (TPSA) is 63.4 Å². The Bertz CT molecular complexity index is 688. The maximum absolute atomic E-state index is 12.7. The Morgan fingerprint density at radius 3 is 2.43 bits per heavy atom. The largest absolute Gasteiger partial charge is 0.370 e. The molecule has 0 aliphatic rings. The van der Waals surface area contributed by atoms with Crippen molar-refractivity contribution in [2.24, 2.45) is 5.73 Å². The highest BCUT2D eigenvalue weighted by atomic mass is 79.9. The lowest BCUT2D eigenvalue weighted by Gasteiger charge is -2.28. The second kappa shape index (κ2) is 7.92. The highest BCUT2D eigenvalue weighted by Crippen LogP contribution is 2.17. The van der Waals surface area contributed by atoms with Crippen LogP contribution >= 0.6 is 15.9 Å². The van der Waals surface area contributed by atoms with Crippen molar-refractivity contribution in [2.45, 2.75) is 18.9 Å². The van der Waals surface area contributed by atoms with Crippen molar-refractivity contribution in [2.75, 3.05) is 7.05 Å². The van der Waals surface area contributed by atoms with Gasteiger partial charge in [0.1, 0.15) is 0 Å². The first-order valence-corrected chi connectivity index (χ1v) is 8.11. The quantitative estimate of drug-likeness (QED) is 0.844. The van der Waals surface area contributed by atoms with Gasteiger partial charge < -0.3 is 10.6 Å². The van der Waals surface area contributed by atoms with E-state index in [1.807, 2.05) is 42.5 Å². The Kier molecular flexibility index (Phi) is 5.93. The van der Waals surface area contributed by atoms with Gasteiger partial charge in [-0.1, -0.05) is 52.3 Å². The van der Waals surface area contributed by atoms with Gasteiger partial charge in [-0.15, -0.1) is 0 Å². The predicted octanol–water partition coefficient (Wildman–Crippen LogP) is 3.01. The van der Waals surface area contributed by atoms with Crippen molar-refractivity contribution >= 4 is 27.7 Å². The molecule has 2 amide bonds. The highest BCUT2D eigenvalue weighted by Gasteiger charge is 2.23. The number of halogens is 1. The third kappa shape index (κ3) is 4.93. The molecule has 0 radical (unpaired) electrons. The fraction of sp³-hybridized carbons (Fsp3) is 0.222. The Hall–Kier alpha value is -2.14. The van der Waals surface area contributed by atoms with E-state index in [2.05, 4.69) is 15.9 Å². The minimum atomic E-state index is -0.417. The van der Waals surface area contributed by atoms with Crippen molar-refractivity contribution in [3.05, 3.63) is 70.2 Å². The van der Waals surface area contributed by atoms with Crippen LogP contribution in [0.15, 0.2) is 59.1 Å². The standard InChI is InChI=1S/C18H19BrN2O2/c1-21(18(23)14-8-5-9-15(19)11-14)16(12-17(20)22)10-13-6-3-2-4-7-13/h2-9,11,16H,10,12H2,1H3,(H2,20,22)/t16-/m0/s1. The third-order valence-corrected chi connectivity index (χ3v) is 4.18. The van der Waals surface area contributed by atoms with E-state index in [1.54, 1.807) is 24.1 Å². The number of rotatable bonds is 6. The molecule has 120 valence electrons. The number of nitrogens with zero attached hydrogens (tertiary/aromatic N) is 1. The first-order valence-electron chi connectivity index (χ1n) is 7.32. The molecule has 5 heteroatoms. The molecule has 0 heterocycles. The maximum atomic E-state index is 12.7. The van der Waals surface area contributed by atoms with Crippen LogP contribution in [0.25, 0.3) is 0 Å². The maximum Gasteiger partial charge on any atom is 0.253 e. The van der Waals surface area contributed by atoms with E-state index in [-0.39, 0.29) is 18.4 Å². The number of hydrogen-bond donors (Lipinski definition) is 1. The van der Waals surface area contributed by atoms with Crippen molar-refractivity contribution in [3.8, 4) is 0 Å². The lowest BCUT2D eigenvalue weighted by atomic mass is 10.0. The Balaban J connectivity index is 2.20. The SMILES string of the molecule is CN(C(=O)c1cccc(Br)c1)[C@H](CC(N)=O)Cc1ccccc1. The van der Waals surface area contributed by atoms with Crippen molar-refractivity contribution in [1.29, 1.82) is 0 Å². The number of carbonyl (C=O) groups excluding carboxylic acids is 2. The minimum absolute atomic E-state index is 0.130. The number of primary amides is 1. The van der Waals surface area contributed by atoms with E-state index in [1.165, 1.54) is 0 Å². The predicted molar refractivity (Wildman–Crippen MR) is 94.0 cm³/mol. The summed E-state index contributed by atoms with van der Waals surface area (Å²) in [5, 5.41) is 0. The monoisotopic (exact) mass is 374 g/mol. The lowest BCUT2D eigenvalue weighted by Crippen LogP contribution is -2.41. The van der Waals surface area contributed by atoms with Crippen LogP contribution in [0.1, 0.15) is 22.3 Å². The Labute approximate surface area is 144 Å². The molecule has 2 N–H and O–H groups in total. The number of likely N-dealkylation sites (N-methyl/N-ethyl adjacent to an activating group) is 1. The van der Waals surface area contributed by atoms with Crippen LogP contribution < -0.4 is 5.73 Å². The summed E-state index contributed by atoms with van der Waals surface area (Å²) >= 11 is 3.37. The zero-order valence-electron chi connectivity index (χ0n) is 12.9. The third-order valence-electron chi connectivity index (χ3n) is 3.69. The van der Waals surface area contributed by atoms with E-state index < -0.39 is 5.91 Å². The molecule has 4 nitrogen and oxygen atoms in total. The summed E-state index contributed by atoms with van der Waals surface area (Å²) in [7, 11) is 1.71. The summed E-state index contributed by atoms with van der Waals surface area (Å²) in [4.78, 5) is 25.7. The average Bonchev–Trinajstić information content (AvgIpc) is 2.53. The first kappa shape index (κ1) is 17.2. The lowest BCUT2D eigenvalue weighted by molar-refractivity contribution is -0.118. The van der Waals surface area contributed by atoms with E-state index in [0.29, 0.717) is 12.0 Å². The van der Waals surface area contributed by atoms with Gasteiger partial charge in [0.25, 0.3) is 5.91 Å². The van der Waals surface area contributed by atoms with Gasteiger partial charge in [0.2, 0.25) is 5.91 Å². The Morgan fingerprint density at radius 2 is 1.83 bits per heavy atom. The number of carbonyl (C=O) groups is 2. The van der Waals surface area contributed by atoms with Gasteiger partial charge in [-0.2, -0.15) is 0 Å². The molecule has 0 bridgehead atoms. The molecule has 0 fully saturated rings. The van der Waals surface area contributed by atoms with Gasteiger partial charge in [-0.05, 0) is 30.2 Å². The number of benzene rings is 2. The molecule has 0 unspecified atom stereocenters. The van der Waals surface area contributed by atoms with Gasteiger partial charge in [-0.25, -0.2) is 0 Å². The van der Waals surface area contributed by atoms with Crippen molar-refractivity contribution in [3.63, 3.8) is 0 Å². The summed E-state index contributed by atoms with van der Waals surface area (Å²) in [5.74, 6) is -0.548. The zero-order chi connectivity index (χ0) is 16.8. The second-order valence-electron chi connectivity index (χ2n) is 5.44. The van der Waals surface area contributed by atoms with Crippen LogP contribution in [0.4, 0.5) is 0 Å². The highest BCUT2D eigenvalue weighted by molar-refractivity contribution is 9.10. The van der Waals surface area contributed by atoms with Crippen molar-refractivity contribution < 1.29 is 9.59 Å². The van der Waals surface area contributed by atoms with Crippen LogP contribution in [0.3, 0.4) is 0 Å². The van der Waals surface area contributed by atoms with Gasteiger partial charge in [0, 0.05) is 29.5 Å². The van der Waals surface area contributed by atoms with Gasteiger partial charge >= 0.3 is 0 Å². The average molecular weight is 375 g/mol. The van der Waals surface area contributed by atoms with Gasteiger partial charge in [0.05, 0.1) is 0 Å². The number of hydrogen-bond acceptors (Lipinski definition) is 2. The van der Waals surface area contributed by atoms with Crippen LogP contribution in [0.5, 0.6) is 0 Å². The normalized spacial score (nSPS) is 11.7. The minimum Gasteiger partial charge on any atom is -0.370 e. The fourth-order valence-electron chi connectivity index (χ4n) is 2.46. The summed E-state index contributed by atoms with van der Waals surface area (Å²) in [6, 6.07) is 16.7. The molecule has 0 spiro atoms. The molecule has 23 heavy (non-hydrogen) atoms. The molecule has 0 saturated heterocycles. The molecular formula is C18H19BrN2O2. The van der Waals surface area contributed by atoms with Crippen LogP contribution in [0.2, 0.25) is 0 Å². The smallest absolute Gasteiger partial charge is 0.253 e.